The quantitative estimate of drug-likeness (QED) is 0.801. The summed E-state index contributed by atoms with van der Waals surface area (Å²) in [5.74, 6) is -0.701. The molecule has 0 unspecified atom stereocenters. The van der Waals surface area contributed by atoms with Gasteiger partial charge in [-0.3, -0.25) is 4.79 Å². The highest BCUT2D eigenvalue weighted by molar-refractivity contribution is 5.95. The predicted octanol–water partition coefficient (Wildman–Crippen LogP) is 3.20. The SMILES string of the molecule is Nc1ccc(F)c(C(=O)N2CCC3(CCCC3)CC2)c1. The molecule has 0 aromatic heterocycles. The Labute approximate surface area is 118 Å². The predicted molar refractivity (Wildman–Crippen MR) is 76.9 cm³/mol. The van der Waals surface area contributed by atoms with Gasteiger partial charge < -0.3 is 10.6 Å². The molecule has 1 aromatic carbocycles. The minimum absolute atomic E-state index is 0.104. The van der Waals surface area contributed by atoms with Gasteiger partial charge in [0.05, 0.1) is 5.56 Å². The van der Waals surface area contributed by atoms with E-state index in [1.54, 1.807) is 4.90 Å². The van der Waals surface area contributed by atoms with Crippen LogP contribution >= 0.6 is 0 Å². The van der Waals surface area contributed by atoms with Crippen molar-refractivity contribution in [3.05, 3.63) is 29.6 Å². The molecule has 2 aliphatic rings. The molecule has 20 heavy (non-hydrogen) atoms. The lowest BCUT2D eigenvalue weighted by Gasteiger charge is -2.39. The number of nitrogens with two attached hydrogens (primary N) is 1. The topological polar surface area (TPSA) is 46.3 Å². The molecule has 1 spiro atoms. The van der Waals surface area contributed by atoms with Crippen molar-refractivity contribution in [2.75, 3.05) is 18.8 Å². The largest absolute Gasteiger partial charge is 0.399 e. The van der Waals surface area contributed by atoms with Crippen molar-refractivity contribution in [3.8, 4) is 0 Å². The fourth-order valence-electron chi connectivity index (χ4n) is 3.69. The second-order valence-electron chi connectivity index (χ2n) is 6.24. The Hall–Kier alpha value is -1.58. The van der Waals surface area contributed by atoms with Gasteiger partial charge in [-0.1, -0.05) is 12.8 Å². The molecule has 1 amide bonds. The molecule has 0 bridgehead atoms. The second kappa shape index (κ2) is 5.08. The Morgan fingerprint density at radius 3 is 2.45 bits per heavy atom. The number of rotatable bonds is 1. The second-order valence-corrected chi connectivity index (χ2v) is 6.24. The summed E-state index contributed by atoms with van der Waals surface area (Å²) in [5, 5.41) is 0. The lowest BCUT2D eigenvalue weighted by molar-refractivity contribution is 0.0583. The minimum atomic E-state index is -0.481. The molecule has 1 aliphatic carbocycles. The molecule has 1 aromatic rings. The zero-order valence-corrected chi connectivity index (χ0v) is 11.7. The summed E-state index contributed by atoms with van der Waals surface area (Å²) >= 11 is 0. The van der Waals surface area contributed by atoms with E-state index in [1.165, 1.54) is 43.9 Å². The molecule has 108 valence electrons. The number of hydrogen-bond acceptors (Lipinski definition) is 2. The van der Waals surface area contributed by atoms with Crippen LogP contribution in [-0.4, -0.2) is 23.9 Å². The number of halogens is 1. The molecule has 0 radical (unpaired) electrons. The Morgan fingerprint density at radius 1 is 1.15 bits per heavy atom. The van der Waals surface area contributed by atoms with E-state index in [-0.39, 0.29) is 11.5 Å². The lowest BCUT2D eigenvalue weighted by atomic mass is 9.77. The standard InChI is InChI=1S/C16H21FN2O/c17-14-4-3-12(18)11-13(14)15(20)19-9-7-16(8-10-19)5-1-2-6-16/h3-4,11H,1-2,5-10,18H2. The number of hydrogen-bond donors (Lipinski definition) is 1. The van der Waals surface area contributed by atoms with Gasteiger partial charge in [-0.05, 0) is 49.3 Å². The summed E-state index contributed by atoms with van der Waals surface area (Å²) in [5.41, 5.74) is 6.65. The summed E-state index contributed by atoms with van der Waals surface area (Å²) in [6, 6.07) is 4.19. The maximum atomic E-state index is 13.8. The van der Waals surface area contributed by atoms with Crippen molar-refractivity contribution in [1.29, 1.82) is 0 Å². The van der Waals surface area contributed by atoms with E-state index in [0.29, 0.717) is 11.1 Å². The molecule has 3 rings (SSSR count). The number of anilines is 1. The molecule has 2 fully saturated rings. The first kappa shape index (κ1) is 13.4. The average Bonchev–Trinajstić information content (AvgIpc) is 2.90. The third-order valence-electron chi connectivity index (χ3n) is 5.00. The van der Waals surface area contributed by atoms with Crippen molar-refractivity contribution >= 4 is 11.6 Å². The molecular weight excluding hydrogens is 255 g/mol. The average molecular weight is 276 g/mol. The molecular formula is C16H21FN2O. The number of nitrogen functional groups attached to an aromatic ring is 1. The number of carbonyl (C=O) groups excluding carboxylic acids is 1. The number of likely N-dealkylation sites (tertiary alicyclic amines) is 1. The summed E-state index contributed by atoms with van der Waals surface area (Å²) in [7, 11) is 0. The number of piperidine rings is 1. The van der Waals surface area contributed by atoms with Gasteiger partial charge in [0.1, 0.15) is 5.82 Å². The van der Waals surface area contributed by atoms with Crippen LogP contribution in [0.15, 0.2) is 18.2 Å². The Bertz CT molecular complexity index is 513. The maximum absolute atomic E-state index is 13.8. The maximum Gasteiger partial charge on any atom is 0.256 e. The number of nitrogens with zero attached hydrogens (tertiary/aromatic N) is 1. The van der Waals surface area contributed by atoms with Crippen LogP contribution in [-0.2, 0) is 0 Å². The molecule has 1 heterocycles. The Morgan fingerprint density at radius 2 is 1.80 bits per heavy atom. The van der Waals surface area contributed by atoms with Crippen LogP contribution in [0.25, 0.3) is 0 Å². The van der Waals surface area contributed by atoms with Crippen LogP contribution in [0.1, 0.15) is 48.9 Å². The Balaban J connectivity index is 1.71. The van der Waals surface area contributed by atoms with Gasteiger partial charge in [-0.2, -0.15) is 0 Å². The first-order valence-electron chi connectivity index (χ1n) is 7.44. The summed E-state index contributed by atoms with van der Waals surface area (Å²) in [4.78, 5) is 14.2. The third-order valence-corrected chi connectivity index (χ3v) is 5.00. The van der Waals surface area contributed by atoms with Gasteiger partial charge >= 0.3 is 0 Å². The molecule has 1 saturated carbocycles. The Kier molecular flexibility index (Phi) is 3.40. The smallest absolute Gasteiger partial charge is 0.256 e. The van der Waals surface area contributed by atoms with E-state index in [4.69, 9.17) is 5.73 Å². The zero-order valence-electron chi connectivity index (χ0n) is 11.7. The number of amides is 1. The van der Waals surface area contributed by atoms with Crippen molar-refractivity contribution in [3.63, 3.8) is 0 Å². The van der Waals surface area contributed by atoms with Crippen LogP contribution in [0.2, 0.25) is 0 Å². The molecule has 4 heteroatoms. The molecule has 0 atom stereocenters. The first-order chi connectivity index (χ1) is 9.60. The van der Waals surface area contributed by atoms with Crippen molar-refractivity contribution in [2.24, 2.45) is 5.41 Å². The lowest BCUT2D eigenvalue weighted by Crippen LogP contribution is -2.42. The van der Waals surface area contributed by atoms with E-state index in [2.05, 4.69) is 0 Å². The van der Waals surface area contributed by atoms with Crippen molar-refractivity contribution in [2.45, 2.75) is 38.5 Å². The highest BCUT2D eigenvalue weighted by atomic mass is 19.1. The van der Waals surface area contributed by atoms with E-state index in [1.807, 2.05) is 0 Å². The highest BCUT2D eigenvalue weighted by Crippen LogP contribution is 2.46. The summed E-state index contributed by atoms with van der Waals surface area (Å²) in [6.45, 7) is 1.49. The number of carbonyl (C=O) groups is 1. The summed E-state index contributed by atoms with van der Waals surface area (Å²) < 4.78 is 13.8. The monoisotopic (exact) mass is 276 g/mol. The fourth-order valence-corrected chi connectivity index (χ4v) is 3.69. The van der Waals surface area contributed by atoms with E-state index in [9.17, 15) is 9.18 Å². The minimum Gasteiger partial charge on any atom is -0.399 e. The van der Waals surface area contributed by atoms with Gasteiger partial charge in [0, 0.05) is 18.8 Å². The molecule has 2 N–H and O–H groups in total. The van der Waals surface area contributed by atoms with Crippen LogP contribution in [0, 0.1) is 11.2 Å². The van der Waals surface area contributed by atoms with Crippen LogP contribution in [0.4, 0.5) is 10.1 Å². The van der Waals surface area contributed by atoms with Gasteiger partial charge in [-0.15, -0.1) is 0 Å². The van der Waals surface area contributed by atoms with E-state index in [0.717, 1.165) is 25.9 Å². The van der Waals surface area contributed by atoms with Crippen molar-refractivity contribution in [1.82, 2.24) is 4.90 Å². The molecule has 1 aliphatic heterocycles. The van der Waals surface area contributed by atoms with Crippen LogP contribution in [0.5, 0.6) is 0 Å². The van der Waals surface area contributed by atoms with Gasteiger partial charge in [0.2, 0.25) is 0 Å². The van der Waals surface area contributed by atoms with Gasteiger partial charge in [0.25, 0.3) is 5.91 Å². The van der Waals surface area contributed by atoms with Crippen LogP contribution < -0.4 is 5.73 Å². The summed E-state index contributed by atoms with van der Waals surface area (Å²) in [6.07, 6.45) is 7.34. The van der Waals surface area contributed by atoms with Gasteiger partial charge in [0.15, 0.2) is 0 Å². The zero-order chi connectivity index (χ0) is 14.2. The number of benzene rings is 1. The van der Waals surface area contributed by atoms with E-state index < -0.39 is 5.82 Å². The third kappa shape index (κ3) is 2.39. The highest BCUT2D eigenvalue weighted by Gasteiger charge is 2.38. The molecule has 3 nitrogen and oxygen atoms in total. The normalized spacial score (nSPS) is 21.4. The van der Waals surface area contributed by atoms with Crippen LogP contribution in [0.3, 0.4) is 0 Å². The fraction of sp³-hybridized carbons (Fsp3) is 0.562. The van der Waals surface area contributed by atoms with E-state index >= 15 is 0 Å². The first-order valence-corrected chi connectivity index (χ1v) is 7.44. The van der Waals surface area contributed by atoms with Gasteiger partial charge in [-0.25, -0.2) is 4.39 Å². The molecule has 1 saturated heterocycles. The van der Waals surface area contributed by atoms with Crippen molar-refractivity contribution < 1.29 is 9.18 Å².